The predicted molar refractivity (Wildman–Crippen MR) is 228 cm³/mol. The minimum atomic E-state index is -0.603. The van der Waals surface area contributed by atoms with Gasteiger partial charge in [-0.1, -0.05) is 146 Å². The standard InChI is InChI=1S/C52H32N4O/c1-2-16-33(17-3-1)49-53-50(55-51(54-49)39-22-8-14-28-46(39)56-44-26-12-6-20-37(44)38-21-7-13-27-45(38)56)34-30-31-48-43(32-34)52(42-25-11-15-29-47(42)57-48)40-23-9-4-18-35(40)36-19-5-10-24-41(36)52/h1-32H. The van der Waals surface area contributed by atoms with Gasteiger partial charge in [0.2, 0.25) is 0 Å². The molecule has 266 valence electrons. The Morgan fingerprint density at radius 2 is 0.877 bits per heavy atom. The first-order valence-electron chi connectivity index (χ1n) is 19.3. The summed E-state index contributed by atoms with van der Waals surface area (Å²) in [6.07, 6.45) is 0. The van der Waals surface area contributed by atoms with Crippen LogP contribution in [-0.2, 0) is 5.41 Å². The van der Waals surface area contributed by atoms with Gasteiger partial charge in [-0.25, -0.2) is 15.0 Å². The number of hydrogen-bond donors (Lipinski definition) is 0. The molecule has 10 aromatic rings. The average molecular weight is 729 g/mol. The van der Waals surface area contributed by atoms with Crippen LogP contribution in [0.5, 0.6) is 11.5 Å². The van der Waals surface area contributed by atoms with Crippen LogP contribution in [-0.4, -0.2) is 19.5 Å². The smallest absolute Gasteiger partial charge is 0.166 e. The van der Waals surface area contributed by atoms with Crippen LogP contribution in [0.3, 0.4) is 0 Å². The molecule has 1 aliphatic heterocycles. The van der Waals surface area contributed by atoms with Gasteiger partial charge in [0.05, 0.1) is 22.1 Å². The van der Waals surface area contributed by atoms with Crippen LogP contribution in [0.1, 0.15) is 22.3 Å². The fourth-order valence-electron chi connectivity index (χ4n) is 9.38. The molecule has 0 bridgehead atoms. The van der Waals surface area contributed by atoms with Crippen molar-refractivity contribution in [1.29, 1.82) is 0 Å². The molecule has 3 heterocycles. The monoisotopic (exact) mass is 728 g/mol. The summed E-state index contributed by atoms with van der Waals surface area (Å²) in [5.74, 6) is 3.48. The molecule has 5 nitrogen and oxygen atoms in total. The lowest BCUT2D eigenvalue weighted by Gasteiger charge is -2.39. The molecule has 0 N–H and O–H groups in total. The van der Waals surface area contributed by atoms with Crippen LogP contribution in [0.15, 0.2) is 194 Å². The van der Waals surface area contributed by atoms with Crippen LogP contribution < -0.4 is 4.74 Å². The second kappa shape index (κ2) is 12.2. The molecule has 0 amide bonds. The lowest BCUT2D eigenvalue weighted by molar-refractivity contribution is 0.436. The summed E-state index contributed by atoms with van der Waals surface area (Å²) < 4.78 is 9.07. The van der Waals surface area contributed by atoms with Gasteiger partial charge in [-0.15, -0.1) is 0 Å². The topological polar surface area (TPSA) is 52.8 Å². The summed E-state index contributed by atoms with van der Waals surface area (Å²) in [4.78, 5) is 15.8. The van der Waals surface area contributed by atoms with Gasteiger partial charge >= 0.3 is 0 Å². The van der Waals surface area contributed by atoms with Crippen molar-refractivity contribution < 1.29 is 4.74 Å². The number of hydrogen-bond acceptors (Lipinski definition) is 4. The zero-order chi connectivity index (χ0) is 37.5. The van der Waals surface area contributed by atoms with E-state index in [2.05, 4.69) is 174 Å². The van der Waals surface area contributed by atoms with Crippen molar-refractivity contribution in [2.75, 3.05) is 0 Å². The molecule has 0 atom stereocenters. The maximum absolute atomic E-state index is 6.74. The summed E-state index contributed by atoms with van der Waals surface area (Å²) >= 11 is 0. The van der Waals surface area contributed by atoms with Gasteiger partial charge in [0.15, 0.2) is 17.5 Å². The van der Waals surface area contributed by atoms with Gasteiger partial charge in [-0.2, -0.15) is 0 Å². The molecule has 5 heteroatoms. The molecule has 0 unspecified atom stereocenters. The zero-order valence-corrected chi connectivity index (χ0v) is 30.7. The Kier molecular flexibility index (Phi) is 6.78. The zero-order valence-electron chi connectivity index (χ0n) is 30.7. The quantitative estimate of drug-likeness (QED) is 0.181. The Bertz CT molecular complexity index is 3140. The summed E-state index contributed by atoms with van der Waals surface area (Å²) in [6.45, 7) is 0. The number of benzene rings is 8. The molecule has 2 aromatic heterocycles. The van der Waals surface area contributed by atoms with Crippen LogP contribution in [0.4, 0.5) is 0 Å². The van der Waals surface area contributed by atoms with E-state index in [0.29, 0.717) is 17.5 Å². The van der Waals surface area contributed by atoms with E-state index in [1.54, 1.807) is 0 Å². The maximum Gasteiger partial charge on any atom is 0.166 e. The Morgan fingerprint density at radius 3 is 1.58 bits per heavy atom. The number of fused-ring (bicyclic) bond motifs is 12. The Morgan fingerprint density at radius 1 is 0.368 bits per heavy atom. The van der Waals surface area contributed by atoms with Crippen molar-refractivity contribution in [3.05, 3.63) is 216 Å². The molecular formula is C52H32N4O. The molecule has 12 rings (SSSR count). The lowest BCUT2D eigenvalue weighted by atomic mass is 9.66. The highest BCUT2D eigenvalue weighted by Gasteiger charge is 2.51. The molecule has 57 heavy (non-hydrogen) atoms. The molecular weight excluding hydrogens is 697 g/mol. The fraction of sp³-hybridized carbons (Fsp3) is 0.0192. The number of nitrogens with zero attached hydrogens (tertiary/aromatic N) is 4. The van der Waals surface area contributed by atoms with Crippen molar-refractivity contribution >= 4 is 21.8 Å². The first-order chi connectivity index (χ1) is 28.3. The number of ether oxygens (including phenoxy) is 1. The summed E-state index contributed by atoms with van der Waals surface area (Å²) in [6, 6.07) is 68.2. The van der Waals surface area contributed by atoms with E-state index in [0.717, 1.165) is 56.0 Å². The van der Waals surface area contributed by atoms with E-state index >= 15 is 0 Å². The molecule has 8 aromatic carbocycles. The van der Waals surface area contributed by atoms with E-state index in [-0.39, 0.29) is 0 Å². The maximum atomic E-state index is 6.74. The number of rotatable bonds is 4. The SMILES string of the molecule is c1ccc(-c2nc(-c3ccc4c(c3)C3(c5ccccc5O4)c4ccccc4-c4ccccc43)nc(-c3ccccc3-n3c4ccccc4c4ccccc43)n2)cc1. The fourth-order valence-corrected chi connectivity index (χ4v) is 9.38. The Balaban J connectivity index is 1.11. The highest BCUT2D eigenvalue weighted by atomic mass is 16.5. The van der Waals surface area contributed by atoms with E-state index in [1.807, 2.05) is 24.3 Å². The minimum absolute atomic E-state index is 0.590. The van der Waals surface area contributed by atoms with Crippen LogP contribution in [0.2, 0.25) is 0 Å². The molecule has 0 fully saturated rings. The van der Waals surface area contributed by atoms with E-state index in [4.69, 9.17) is 19.7 Å². The largest absolute Gasteiger partial charge is 0.457 e. The van der Waals surface area contributed by atoms with E-state index < -0.39 is 5.41 Å². The third-order valence-corrected chi connectivity index (χ3v) is 11.7. The number of aromatic nitrogens is 4. The lowest BCUT2D eigenvalue weighted by Crippen LogP contribution is -2.32. The third kappa shape index (κ3) is 4.54. The second-order valence-corrected chi connectivity index (χ2v) is 14.7. The van der Waals surface area contributed by atoms with Gasteiger partial charge in [-0.05, 0) is 70.8 Å². The Hall–Kier alpha value is -7.63. The van der Waals surface area contributed by atoms with Crippen molar-refractivity contribution in [3.63, 3.8) is 0 Å². The van der Waals surface area contributed by atoms with Crippen molar-refractivity contribution in [2.24, 2.45) is 0 Å². The highest BCUT2D eigenvalue weighted by Crippen LogP contribution is 2.62. The second-order valence-electron chi connectivity index (χ2n) is 14.7. The minimum Gasteiger partial charge on any atom is -0.457 e. The summed E-state index contributed by atoms with van der Waals surface area (Å²) in [7, 11) is 0. The molecule has 0 saturated heterocycles. The van der Waals surface area contributed by atoms with Crippen molar-refractivity contribution in [1.82, 2.24) is 19.5 Å². The van der Waals surface area contributed by atoms with Crippen LogP contribution >= 0.6 is 0 Å². The average Bonchev–Trinajstić information content (AvgIpc) is 3.77. The molecule has 0 radical (unpaired) electrons. The van der Waals surface area contributed by atoms with Crippen LogP contribution in [0, 0.1) is 0 Å². The van der Waals surface area contributed by atoms with Gasteiger partial charge in [-0.3, -0.25) is 0 Å². The molecule has 2 aliphatic rings. The Labute approximate surface area is 329 Å². The third-order valence-electron chi connectivity index (χ3n) is 11.7. The first-order valence-corrected chi connectivity index (χ1v) is 19.3. The molecule has 1 aliphatic carbocycles. The first kappa shape index (κ1) is 31.7. The normalized spacial score (nSPS) is 13.2. The summed E-state index contributed by atoms with van der Waals surface area (Å²) in [5, 5.41) is 2.40. The van der Waals surface area contributed by atoms with Crippen LogP contribution in [0.25, 0.3) is 72.8 Å². The van der Waals surface area contributed by atoms with Gasteiger partial charge in [0.25, 0.3) is 0 Å². The van der Waals surface area contributed by atoms with Gasteiger partial charge < -0.3 is 9.30 Å². The van der Waals surface area contributed by atoms with Gasteiger partial charge in [0, 0.05) is 38.6 Å². The van der Waals surface area contributed by atoms with E-state index in [9.17, 15) is 0 Å². The van der Waals surface area contributed by atoms with Crippen molar-refractivity contribution in [2.45, 2.75) is 5.41 Å². The highest BCUT2D eigenvalue weighted by molar-refractivity contribution is 6.09. The summed E-state index contributed by atoms with van der Waals surface area (Å²) in [5.41, 5.74) is 12.5. The number of para-hydroxylation sites is 4. The molecule has 0 saturated carbocycles. The molecule has 1 spiro atoms. The predicted octanol–water partition coefficient (Wildman–Crippen LogP) is 12.4. The van der Waals surface area contributed by atoms with Gasteiger partial charge in [0.1, 0.15) is 11.5 Å². The van der Waals surface area contributed by atoms with E-state index in [1.165, 1.54) is 33.0 Å². The van der Waals surface area contributed by atoms with Crippen molar-refractivity contribution in [3.8, 4) is 62.5 Å².